The number of piperidine rings is 1. The van der Waals surface area contributed by atoms with E-state index in [9.17, 15) is 4.79 Å². The van der Waals surface area contributed by atoms with Gasteiger partial charge in [-0.05, 0) is 37.8 Å². The van der Waals surface area contributed by atoms with Gasteiger partial charge in [0.05, 0.1) is 0 Å². The Morgan fingerprint density at radius 1 is 1.39 bits per heavy atom. The summed E-state index contributed by atoms with van der Waals surface area (Å²) in [6, 6.07) is 5.91. The topological polar surface area (TPSA) is 55.6 Å². The van der Waals surface area contributed by atoms with Crippen molar-refractivity contribution < 1.29 is 9.53 Å². The molecule has 18 heavy (non-hydrogen) atoms. The van der Waals surface area contributed by atoms with Gasteiger partial charge in [0.2, 0.25) is 0 Å². The molecule has 2 rings (SSSR count). The highest BCUT2D eigenvalue weighted by atomic mass is 16.6. The smallest absolute Gasteiger partial charge is 0.410 e. The largest absolute Gasteiger partial charge is 0.415 e. The van der Waals surface area contributed by atoms with Gasteiger partial charge in [0, 0.05) is 19.1 Å². The van der Waals surface area contributed by atoms with E-state index in [-0.39, 0.29) is 12.1 Å². The zero-order valence-electron chi connectivity index (χ0n) is 11.0. The van der Waals surface area contributed by atoms with Gasteiger partial charge < -0.3 is 15.4 Å². The van der Waals surface area contributed by atoms with Crippen molar-refractivity contribution in [3.8, 4) is 5.75 Å². The zero-order valence-corrected chi connectivity index (χ0v) is 11.0. The van der Waals surface area contributed by atoms with Crippen molar-refractivity contribution >= 4 is 6.09 Å². The molecule has 1 aromatic carbocycles. The molecule has 1 amide bonds. The number of hydrogen-bond acceptors (Lipinski definition) is 3. The monoisotopic (exact) mass is 248 g/mol. The highest BCUT2D eigenvalue weighted by Gasteiger charge is 2.23. The van der Waals surface area contributed by atoms with E-state index in [2.05, 4.69) is 0 Å². The SMILES string of the molecule is Cc1cccc(C)c1OC(=O)N1CCCC(N)C1. The molecule has 98 valence electrons. The maximum atomic E-state index is 12.1. The summed E-state index contributed by atoms with van der Waals surface area (Å²) in [6.07, 6.45) is 1.64. The average molecular weight is 248 g/mol. The van der Waals surface area contributed by atoms with Crippen LogP contribution >= 0.6 is 0 Å². The maximum absolute atomic E-state index is 12.1. The quantitative estimate of drug-likeness (QED) is 0.829. The first-order valence-electron chi connectivity index (χ1n) is 6.36. The fraction of sp³-hybridized carbons (Fsp3) is 0.500. The fourth-order valence-electron chi connectivity index (χ4n) is 2.29. The van der Waals surface area contributed by atoms with Crippen molar-refractivity contribution in [1.82, 2.24) is 4.90 Å². The van der Waals surface area contributed by atoms with Crippen molar-refractivity contribution in [2.45, 2.75) is 32.7 Å². The van der Waals surface area contributed by atoms with Crippen molar-refractivity contribution in [2.24, 2.45) is 5.73 Å². The van der Waals surface area contributed by atoms with Crippen LogP contribution in [0.3, 0.4) is 0 Å². The fourth-order valence-corrected chi connectivity index (χ4v) is 2.29. The van der Waals surface area contributed by atoms with E-state index < -0.39 is 0 Å². The second kappa shape index (κ2) is 5.40. The molecule has 1 aromatic rings. The minimum Gasteiger partial charge on any atom is -0.410 e. The number of amides is 1. The first kappa shape index (κ1) is 12.9. The molecule has 1 heterocycles. The number of benzene rings is 1. The summed E-state index contributed by atoms with van der Waals surface area (Å²) in [4.78, 5) is 13.8. The second-order valence-electron chi connectivity index (χ2n) is 4.94. The highest BCUT2D eigenvalue weighted by Crippen LogP contribution is 2.23. The number of nitrogens with two attached hydrogens (primary N) is 1. The lowest BCUT2D eigenvalue weighted by Gasteiger charge is -2.30. The van der Waals surface area contributed by atoms with Crippen LogP contribution in [0, 0.1) is 13.8 Å². The van der Waals surface area contributed by atoms with E-state index in [4.69, 9.17) is 10.5 Å². The number of carbonyl (C=O) groups excluding carboxylic acids is 1. The Labute approximate surface area is 108 Å². The molecule has 2 N–H and O–H groups in total. The van der Waals surface area contributed by atoms with Gasteiger partial charge in [-0.15, -0.1) is 0 Å². The molecule has 1 saturated heterocycles. The Morgan fingerprint density at radius 2 is 2.06 bits per heavy atom. The van der Waals surface area contributed by atoms with Crippen LogP contribution in [0.5, 0.6) is 5.75 Å². The Morgan fingerprint density at radius 3 is 2.67 bits per heavy atom. The summed E-state index contributed by atoms with van der Waals surface area (Å²) in [6.45, 7) is 5.20. The Bertz CT molecular complexity index is 425. The molecule has 1 aliphatic rings. The van der Waals surface area contributed by atoms with Crippen molar-refractivity contribution in [3.05, 3.63) is 29.3 Å². The van der Waals surface area contributed by atoms with E-state index >= 15 is 0 Å². The van der Waals surface area contributed by atoms with Crippen molar-refractivity contribution in [2.75, 3.05) is 13.1 Å². The van der Waals surface area contributed by atoms with Gasteiger partial charge in [0.1, 0.15) is 5.75 Å². The number of aryl methyl sites for hydroxylation is 2. The molecule has 1 aliphatic heterocycles. The van der Waals surface area contributed by atoms with Crippen molar-refractivity contribution in [1.29, 1.82) is 0 Å². The summed E-state index contributed by atoms with van der Waals surface area (Å²) in [5.41, 5.74) is 7.82. The molecular weight excluding hydrogens is 228 g/mol. The molecule has 1 unspecified atom stereocenters. The van der Waals surface area contributed by atoms with Crippen LogP contribution < -0.4 is 10.5 Å². The number of nitrogens with zero attached hydrogens (tertiary/aromatic N) is 1. The summed E-state index contributed by atoms with van der Waals surface area (Å²) in [7, 11) is 0. The van der Waals surface area contributed by atoms with Gasteiger partial charge in [-0.2, -0.15) is 0 Å². The zero-order chi connectivity index (χ0) is 13.1. The minimum atomic E-state index is -0.289. The van der Waals surface area contributed by atoms with Crippen LogP contribution in [0.2, 0.25) is 0 Å². The van der Waals surface area contributed by atoms with Crippen LogP contribution in [0.1, 0.15) is 24.0 Å². The molecule has 1 atom stereocenters. The van der Waals surface area contributed by atoms with Crippen LogP contribution in [0.4, 0.5) is 4.79 Å². The number of likely N-dealkylation sites (tertiary alicyclic amines) is 1. The van der Waals surface area contributed by atoms with Crippen LogP contribution in [0.25, 0.3) is 0 Å². The number of rotatable bonds is 1. The molecule has 1 fully saturated rings. The van der Waals surface area contributed by atoms with E-state index in [1.165, 1.54) is 0 Å². The number of hydrogen-bond donors (Lipinski definition) is 1. The van der Waals surface area contributed by atoms with Crippen LogP contribution in [-0.2, 0) is 0 Å². The molecule has 0 bridgehead atoms. The van der Waals surface area contributed by atoms with E-state index in [1.54, 1.807) is 4.90 Å². The lowest BCUT2D eigenvalue weighted by molar-refractivity contribution is 0.137. The molecule has 4 nitrogen and oxygen atoms in total. The summed E-state index contributed by atoms with van der Waals surface area (Å²) >= 11 is 0. The molecule has 0 aliphatic carbocycles. The van der Waals surface area contributed by atoms with Gasteiger partial charge in [0.25, 0.3) is 0 Å². The van der Waals surface area contributed by atoms with E-state index in [1.807, 2.05) is 32.0 Å². The van der Waals surface area contributed by atoms with Gasteiger partial charge in [-0.3, -0.25) is 0 Å². The normalized spacial score (nSPS) is 19.7. The molecule has 0 spiro atoms. The summed E-state index contributed by atoms with van der Waals surface area (Å²) in [5.74, 6) is 0.668. The van der Waals surface area contributed by atoms with E-state index in [0.29, 0.717) is 12.3 Å². The van der Waals surface area contributed by atoms with Crippen LogP contribution in [0.15, 0.2) is 18.2 Å². The lowest BCUT2D eigenvalue weighted by atomic mass is 10.1. The van der Waals surface area contributed by atoms with Crippen LogP contribution in [-0.4, -0.2) is 30.1 Å². The number of ether oxygens (including phenoxy) is 1. The Balaban J connectivity index is 2.07. The first-order valence-corrected chi connectivity index (χ1v) is 6.36. The summed E-state index contributed by atoms with van der Waals surface area (Å²) < 4.78 is 5.50. The third-order valence-corrected chi connectivity index (χ3v) is 3.31. The molecular formula is C14H20N2O2. The van der Waals surface area contributed by atoms with E-state index in [0.717, 1.165) is 30.5 Å². The Kier molecular flexibility index (Phi) is 3.87. The highest BCUT2D eigenvalue weighted by molar-refractivity contribution is 5.71. The molecule has 4 heteroatoms. The third kappa shape index (κ3) is 2.82. The Hall–Kier alpha value is -1.55. The predicted octanol–water partition coefficient (Wildman–Crippen LogP) is 2.23. The minimum absolute atomic E-state index is 0.0734. The first-order chi connectivity index (χ1) is 8.58. The molecule has 0 radical (unpaired) electrons. The van der Waals surface area contributed by atoms with Gasteiger partial charge in [-0.1, -0.05) is 18.2 Å². The van der Waals surface area contributed by atoms with Crippen molar-refractivity contribution in [3.63, 3.8) is 0 Å². The van der Waals surface area contributed by atoms with Gasteiger partial charge >= 0.3 is 6.09 Å². The maximum Gasteiger partial charge on any atom is 0.415 e. The second-order valence-corrected chi connectivity index (χ2v) is 4.94. The van der Waals surface area contributed by atoms with Gasteiger partial charge in [0.15, 0.2) is 0 Å². The predicted molar refractivity (Wildman–Crippen MR) is 70.7 cm³/mol. The van der Waals surface area contributed by atoms with Gasteiger partial charge in [-0.25, -0.2) is 4.79 Å². The number of carbonyl (C=O) groups is 1. The third-order valence-electron chi connectivity index (χ3n) is 3.31. The molecule has 0 aromatic heterocycles. The summed E-state index contributed by atoms with van der Waals surface area (Å²) in [5, 5.41) is 0. The average Bonchev–Trinajstić information content (AvgIpc) is 2.34. The molecule has 0 saturated carbocycles. The lowest BCUT2D eigenvalue weighted by Crippen LogP contribution is -2.46. The number of para-hydroxylation sites is 1. The standard InChI is InChI=1S/C14H20N2O2/c1-10-5-3-6-11(2)13(10)18-14(17)16-8-4-7-12(15)9-16/h3,5-6,12H,4,7-9,15H2,1-2H3.